The van der Waals surface area contributed by atoms with Crippen LogP contribution in [-0.2, 0) is 12.8 Å². The van der Waals surface area contributed by atoms with Gasteiger partial charge in [-0.05, 0) is 44.9 Å². The van der Waals surface area contributed by atoms with Crippen molar-refractivity contribution in [3.8, 4) is 0 Å². The van der Waals surface area contributed by atoms with Crippen molar-refractivity contribution >= 4 is 0 Å². The predicted octanol–water partition coefficient (Wildman–Crippen LogP) is 4.89. The molecule has 0 saturated heterocycles. The summed E-state index contributed by atoms with van der Waals surface area (Å²) in [5, 5.41) is 0. The Morgan fingerprint density at radius 1 is 0.583 bits per heavy atom. The molecule has 122 valence electrons. The number of aryl methyl sites for hydroxylation is 4. The summed E-state index contributed by atoms with van der Waals surface area (Å²) in [5.74, 6) is 0.846. The first-order chi connectivity index (χ1) is 11.5. The highest BCUT2D eigenvalue weighted by Gasteiger charge is 2.06. The summed E-state index contributed by atoms with van der Waals surface area (Å²) in [5.41, 5.74) is 8.67. The van der Waals surface area contributed by atoms with Crippen LogP contribution >= 0.6 is 0 Å². The van der Waals surface area contributed by atoms with Crippen LogP contribution in [0, 0.1) is 27.7 Å². The van der Waals surface area contributed by atoms with Crippen LogP contribution in [0.4, 0.5) is 0 Å². The van der Waals surface area contributed by atoms with E-state index in [1.807, 2.05) is 6.92 Å². The monoisotopic (exact) mass is 316 g/mol. The van der Waals surface area contributed by atoms with E-state index in [1.165, 1.54) is 27.8 Å². The van der Waals surface area contributed by atoms with E-state index < -0.39 is 0 Å². The molecule has 3 rings (SSSR count). The molecule has 0 bridgehead atoms. The fourth-order valence-corrected chi connectivity index (χ4v) is 3.17. The number of hydrogen-bond donors (Lipinski definition) is 0. The van der Waals surface area contributed by atoms with Gasteiger partial charge in [-0.3, -0.25) is 0 Å². The van der Waals surface area contributed by atoms with Gasteiger partial charge in [-0.25, -0.2) is 9.97 Å². The van der Waals surface area contributed by atoms with E-state index in [0.29, 0.717) is 0 Å². The number of benzene rings is 2. The van der Waals surface area contributed by atoms with E-state index >= 15 is 0 Å². The Morgan fingerprint density at radius 3 is 1.71 bits per heavy atom. The SMILES string of the molecule is Cc1ccc(Cc2cc(Cc3cc(C)cc(C)c3)nc(C)n2)cc1. The van der Waals surface area contributed by atoms with E-state index in [4.69, 9.17) is 0 Å². The second-order valence-corrected chi connectivity index (χ2v) is 6.73. The lowest BCUT2D eigenvalue weighted by Crippen LogP contribution is -2.02. The van der Waals surface area contributed by atoms with Gasteiger partial charge in [-0.2, -0.15) is 0 Å². The molecule has 24 heavy (non-hydrogen) atoms. The molecule has 0 radical (unpaired) electrons. The average Bonchev–Trinajstić information content (AvgIpc) is 2.48. The summed E-state index contributed by atoms with van der Waals surface area (Å²) in [6, 6.07) is 17.5. The summed E-state index contributed by atoms with van der Waals surface area (Å²) in [6.07, 6.45) is 1.70. The highest BCUT2D eigenvalue weighted by Crippen LogP contribution is 2.15. The van der Waals surface area contributed by atoms with Crippen LogP contribution in [0.5, 0.6) is 0 Å². The van der Waals surface area contributed by atoms with Gasteiger partial charge in [-0.15, -0.1) is 0 Å². The van der Waals surface area contributed by atoms with Gasteiger partial charge in [0.25, 0.3) is 0 Å². The minimum atomic E-state index is 0.846. The molecular weight excluding hydrogens is 292 g/mol. The van der Waals surface area contributed by atoms with Crippen molar-refractivity contribution in [1.82, 2.24) is 9.97 Å². The molecule has 0 amide bonds. The molecule has 2 aromatic carbocycles. The average molecular weight is 316 g/mol. The third-order valence-corrected chi connectivity index (χ3v) is 4.12. The third-order valence-electron chi connectivity index (χ3n) is 4.12. The Kier molecular flexibility index (Phi) is 4.75. The zero-order valence-electron chi connectivity index (χ0n) is 14.9. The van der Waals surface area contributed by atoms with Crippen molar-refractivity contribution in [3.05, 3.63) is 93.6 Å². The molecule has 0 saturated carbocycles. The highest BCUT2D eigenvalue weighted by molar-refractivity contribution is 5.32. The fraction of sp³-hybridized carbons (Fsp3) is 0.273. The van der Waals surface area contributed by atoms with Gasteiger partial charge in [0.2, 0.25) is 0 Å². The highest BCUT2D eigenvalue weighted by atomic mass is 14.9. The van der Waals surface area contributed by atoms with Crippen LogP contribution in [0.2, 0.25) is 0 Å². The molecule has 2 heteroatoms. The summed E-state index contributed by atoms with van der Waals surface area (Å²) in [7, 11) is 0. The van der Waals surface area contributed by atoms with Crippen LogP contribution in [0.25, 0.3) is 0 Å². The Labute approximate surface area is 144 Å². The normalized spacial score (nSPS) is 10.8. The minimum Gasteiger partial charge on any atom is -0.238 e. The zero-order valence-corrected chi connectivity index (χ0v) is 14.9. The maximum absolute atomic E-state index is 4.63. The summed E-state index contributed by atoms with van der Waals surface area (Å²) in [6.45, 7) is 8.37. The third kappa shape index (κ3) is 4.29. The Hall–Kier alpha value is -2.48. The van der Waals surface area contributed by atoms with Crippen molar-refractivity contribution in [3.63, 3.8) is 0 Å². The Bertz CT molecular complexity index is 828. The van der Waals surface area contributed by atoms with E-state index in [0.717, 1.165) is 30.1 Å². The van der Waals surface area contributed by atoms with Gasteiger partial charge >= 0.3 is 0 Å². The topological polar surface area (TPSA) is 25.8 Å². The van der Waals surface area contributed by atoms with E-state index in [9.17, 15) is 0 Å². The quantitative estimate of drug-likeness (QED) is 0.684. The van der Waals surface area contributed by atoms with Crippen molar-refractivity contribution in [2.45, 2.75) is 40.5 Å². The van der Waals surface area contributed by atoms with Crippen molar-refractivity contribution in [2.75, 3.05) is 0 Å². The molecule has 2 nitrogen and oxygen atoms in total. The largest absolute Gasteiger partial charge is 0.238 e. The summed E-state index contributed by atoms with van der Waals surface area (Å²) in [4.78, 5) is 9.25. The van der Waals surface area contributed by atoms with E-state index in [-0.39, 0.29) is 0 Å². The Morgan fingerprint density at radius 2 is 1.12 bits per heavy atom. The minimum absolute atomic E-state index is 0.846. The van der Waals surface area contributed by atoms with Gasteiger partial charge in [0, 0.05) is 24.2 Å². The predicted molar refractivity (Wildman–Crippen MR) is 99.5 cm³/mol. The Balaban J connectivity index is 1.84. The molecule has 0 unspecified atom stereocenters. The smallest absolute Gasteiger partial charge is 0.125 e. The first kappa shape index (κ1) is 16.4. The molecule has 0 aliphatic carbocycles. The molecule has 0 atom stereocenters. The molecule has 0 aliphatic heterocycles. The molecule has 0 aliphatic rings. The van der Waals surface area contributed by atoms with Gasteiger partial charge in [0.05, 0.1) is 0 Å². The fourth-order valence-electron chi connectivity index (χ4n) is 3.17. The number of hydrogen-bond acceptors (Lipinski definition) is 2. The van der Waals surface area contributed by atoms with E-state index in [2.05, 4.69) is 79.3 Å². The van der Waals surface area contributed by atoms with Crippen LogP contribution in [0.3, 0.4) is 0 Å². The van der Waals surface area contributed by atoms with Crippen LogP contribution in [-0.4, -0.2) is 9.97 Å². The van der Waals surface area contributed by atoms with Crippen molar-refractivity contribution < 1.29 is 0 Å². The molecule has 3 aromatic rings. The molecule has 0 fully saturated rings. The first-order valence-electron chi connectivity index (χ1n) is 8.44. The molecule has 1 heterocycles. The second kappa shape index (κ2) is 6.96. The number of rotatable bonds is 4. The standard InChI is InChI=1S/C22H24N2/c1-15-5-7-19(8-6-15)12-21-14-22(24-18(4)23-21)13-20-10-16(2)9-17(3)11-20/h5-11,14H,12-13H2,1-4H3. The van der Waals surface area contributed by atoms with Crippen molar-refractivity contribution in [2.24, 2.45) is 0 Å². The molecule has 0 N–H and O–H groups in total. The first-order valence-corrected chi connectivity index (χ1v) is 8.44. The van der Waals surface area contributed by atoms with Crippen LogP contribution in [0.15, 0.2) is 48.5 Å². The van der Waals surface area contributed by atoms with Gasteiger partial charge < -0.3 is 0 Å². The van der Waals surface area contributed by atoms with Gasteiger partial charge in [0.15, 0.2) is 0 Å². The lowest BCUT2D eigenvalue weighted by molar-refractivity contribution is 0.915. The lowest BCUT2D eigenvalue weighted by atomic mass is 10.0. The summed E-state index contributed by atoms with van der Waals surface area (Å²) >= 11 is 0. The zero-order chi connectivity index (χ0) is 17.1. The van der Waals surface area contributed by atoms with Crippen LogP contribution in [0.1, 0.15) is 45.0 Å². The molecule has 0 spiro atoms. The van der Waals surface area contributed by atoms with Gasteiger partial charge in [0.1, 0.15) is 5.82 Å². The maximum Gasteiger partial charge on any atom is 0.125 e. The van der Waals surface area contributed by atoms with Gasteiger partial charge in [-0.1, -0.05) is 59.2 Å². The number of aromatic nitrogens is 2. The van der Waals surface area contributed by atoms with Crippen molar-refractivity contribution in [1.29, 1.82) is 0 Å². The molecular formula is C22H24N2. The maximum atomic E-state index is 4.63. The number of nitrogens with zero attached hydrogens (tertiary/aromatic N) is 2. The second-order valence-electron chi connectivity index (χ2n) is 6.73. The van der Waals surface area contributed by atoms with Crippen LogP contribution < -0.4 is 0 Å². The summed E-state index contributed by atoms with van der Waals surface area (Å²) < 4.78 is 0. The molecule has 1 aromatic heterocycles. The van der Waals surface area contributed by atoms with E-state index in [1.54, 1.807) is 0 Å². The lowest BCUT2D eigenvalue weighted by Gasteiger charge is -2.08.